The molecular weight excluding hydrogens is 370 g/mol. The van der Waals surface area contributed by atoms with Crippen LogP contribution in [0.2, 0.25) is 0 Å². The predicted molar refractivity (Wildman–Crippen MR) is 112 cm³/mol. The molecular formula is C23H21NO3S. The molecule has 4 nitrogen and oxygen atoms in total. The molecule has 0 aliphatic heterocycles. The van der Waals surface area contributed by atoms with Crippen molar-refractivity contribution in [2.24, 2.45) is 4.99 Å². The number of aliphatic imine (C=N–C) groups is 1. The highest BCUT2D eigenvalue weighted by molar-refractivity contribution is 7.16. The van der Waals surface area contributed by atoms with Crippen LogP contribution in [0.1, 0.15) is 38.3 Å². The van der Waals surface area contributed by atoms with Gasteiger partial charge in [-0.05, 0) is 60.2 Å². The number of aryl methyl sites for hydroxylation is 1. The summed E-state index contributed by atoms with van der Waals surface area (Å²) >= 11 is 1.60. The number of carbonyl (C=O) groups is 1. The quantitative estimate of drug-likeness (QED) is 0.420. The van der Waals surface area contributed by atoms with E-state index in [4.69, 9.17) is 9.47 Å². The first-order valence-electron chi connectivity index (χ1n) is 9.28. The largest absolute Gasteiger partial charge is 0.489 e. The topological polar surface area (TPSA) is 47.9 Å². The van der Waals surface area contributed by atoms with Crippen LogP contribution in [0.3, 0.4) is 0 Å². The van der Waals surface area contributed by atoms with Crippen molar-refractivity contribution in [3.05, 3.63) is 81.7 Å². The zero-order valence-corrected chi connectivity index (χ0v) is 16.5. The number of rotatable bonds is 6. The molecule has 0 unspecified atom stereocenters. The summed E-state index contributed by atoms with van der Waals surface area (Å²) in [6, 6.07) is 17.9. The summed E-state index contributed by atoms with van der Waals surface area (Å²) in [7, 11) is 1.42. The predicted octanol–water partition coefficient (Wildman–Crippen LogP) is 5.35. The van der Waals surface area contributed by atoms with E-state index in [1.54, 1.807) is 17.6 Å². The Bertz CT molecular complexity index is 991. The Morgan fingerprint density at radius 1 is 1.11 bits per heavy atom. The molecule has 0 spiro atoms. The minimum atomic E-state index is -0.295. The molecule has 28 heavy (non-hydrogen) atoms. The molecule has 2 aromatic carbocycles. The Hall–Kier alpha value is -2.92. The van der Waals surface area contributed by atoms with Crippen LogP contribution >= 0.6 is 11.3 Å². The van der Waals surface area contributed by atoms with Crippen molar-refractivity contribution >= 4 is 28.5 Å². The molecule has 0 N–H and O–H groups in total. The molecule has 1 aliphatic carbocycles. The van der Waals surface area contributed by atoms with Crippen LogP contribution in [-0.4, -0.2) is 19.3 Å². The number of methoxy groups -OCH3 is 1. The second-order valence-corrected chi connectivity index (χ2v) is 7.71. The average molecular weight is 391 g/mol. The van der Waals surface area contributed by atoms with Gasteiger partial charge in [0.25, 0.3) is 0 Å². The van der Waals surface area contributed by atoms with Gasteiger partial charge in [-0.15, -0.1) is 11.3 Å². The molecule has 1 aromatic heterocycles. The molecule has 0 fully saturated rings. The standard InChI is InChI=1S/C23H21NO3S/c1-26-23(25)21-19-8-5-9-20(19)28-22(21)24-14-16-10-12-18(13-11-16)27-15-17-6-3-2-4-7-17/h2-4,6-7,10-14H,5,8-9,15H2,1H3. The first kappa shape index (κ1) is 18.4. The molecule has 0 saturated heterocycles. The smallest absolute Gasteiger partial charge is 0.341 e. The van der Waals surface area contributed by atoms with Crippen LogP contribution < -0.4 is 4.74 Å². The van der Waals surface area contributed by atoms with Crippen LogP contribution in [0.25, 0.3) is 0 Å². The molecule has 3 aromatic rings. The Kier molecular flexibility index (Phi) is 5.53. The van der Waals surface area contributed by atoms with E-state index in [-0.39, 0.29) is 5.97 Å². The van der Waals surface area contributed by atoms with Gasteiger partial charge in [-0.25, -0.2) is 9.79 Å². The van der Waals surface area contributed by atoms with Crippen molar-refractivity contribution in [1.82, 2.24) is 0 Å². The van der Waals surface area contributed by atoms with Gasteiger partial charge in [0.1, 0.15) is 17.4 Å². The normalized spacial score (nSPS) is 12.9. The van der Waals surface area contributed by atoms with E-state index < -0.39 is 0 Å². The van der Waals surface area contributed by atoms with E-state index in [1.165, 1.54) is 12.0 Å². The maximum atomic E-state index is 12.2. The molecule has 0 saturated carbocycles. The van der Waals surface area contributed by atoms with Gasteiger partial charge in [0, 0.05) is 11.1 Å². The third-order valence-electron chi connectivity index (χ3n) is 4.75. The van der Waals surface area contributed by atoms with Crippen LogP contribution in [0.5, 0.6) is 5.75 Å². The molecule has 142 valence electrons. The van der Waals surface area contributed by atoms with Gasteiger partial charge in [0.15, 0.2) is 0 Å². The summed E-state index contributed by atoms with van der Waals surface area (Å²) in [5.74, 6) is 0.516. The molecule has 1 aliphatic rings. The number of ether oxygens (including phenoxy) is 2. The van der Waals surface area contributed by atoms with E-state index in [1.807, 2.05) is 54.6 Å². The van der Waals surface area contributed by atoms with Gasteiger partial charge in [0.2, 0.25) is 0 Å². The number of carbonyl (C=O) groups excluding carboxylic acids is 1. The highest BCUT2D eigenvalue weighted by Crippen LogP contribution is 2.41. The van der Waals surface area contributed by atoms with Gasteiger partial charge >= 0.3 is 5.97 Å². The maximum absolute atomic E-state index is 12.2. The maximum Gasteiger partial charge on any atom is 0.341 e. The minimum absolute atomic E-state index is 0.295. The van der Waals surface area contributed by atoms with Crippen LogP contribution in [-0.2, 0) is 24.2 Å². The van der Waals surface area contributed by atoms with E-state index in [2.05, 4.69) is 4.99 Å². The van der Waals surface area contributed by atoms with Crippen molar-refractivity contribution in [1.29, 1.82) is 0 Å². The highest BCUT2D eigenvalue weighted by Gasteiger charge is 2.26. The fourth-order valence-corrected chi connectivity index (χ4v) is 4.54. The van der Waals surface area contributed by atoms with Gasteiger partial charge in [0.05, 0.1) is 12.7 Å². The zero-order valence-electron chi connectivity index (χ0n) is 15.7. The minimum Gasteiger partial charge on any atom is -0.489 e. The van der Waals surface area contributed by atoms with Crippen molar-refractivity contribution in [3.63, 3.8) is 0 Å². The van der Waals surface area contributed by atoms with Crippen molar-refractivity contribution in [3.8, 4) is 5.75 Å². The third kappa shape index (κ3) is 3.99. The average Bonchev–Trinajstić information content (AvgIpc) is 3.32. The van der Waals surface area contributed by atoms with E-state index in [0.29, 0.717) is 12.2 Å². The molecule has 0 amide bonds. The van der Waals surface area contributed by atoms with E-state index >= 15 is 0 Å². The molecule has 0 bridgehead atoms. The Morgan fingerprint density at radius 3 is 2.64 bits per heavy atom. The number of hydrogen-bond donors (Lipinski definition) is 0. The first-order valence-corrected chi connectivity index (χ1v) is 10.1. The number of thiophene rings is 1. The van der Waals surface area contributed by atoms with E-state index in [0.717, 1.165) is 46.7 Å². The second-order valence-electron chi connectivity index (χ2n) is 6.63. The number of fused-ring (bicyclic) bond motifs is 1. The van der Waals surface area contributed by atoms with Crippen LogP contribution in [0.4, 0.5) is 5.00 Å². The Labute approximate surface area is 168 Å². The summed E-state index contributed by atoms with van der Waals surface area (Å²) in [4.78, 5) is 18.0. The summed E-state index contributed by atoms with van der Waals surface area (Å²) in [5, 5.41) is 0.737. The summed E-state index contributed by atoms with van der Waals surface area (Å²) < 4.78 is 10.8. The van der Waals surface area contributed by atoms with Crippen LogP contribution in [0, 0.1) is 0 Å². The van der Waals surface area contributed by atoms with Crippen LogP contribution in [0.15, 0.2) is 59.6 Å². The fourth-order valence-electron chi connectivity index (χ4n) is 3.32. The van der Waals surface area contributed by atoms with Gasteiger partial charge < -0.3 is 9.47 Å². The number of nitrogens with zero attached hydrogens (tertiary/aromatic N) is 1. The Morgan fingerprint density at radius 2 is 1.89 bits per heavy atom. The highest BCUT2D eigenvalue weighted by atomic mass is 32.1. The summed E-state index contributed by atoms with van der Waals surface area (Å²) in [6.07, 6.45) is 4.83. The third-order valence-corrected chi connectivity index (χ3v) is 5.95. The fraction of sp³-hybridized carbons (Fsp3) is 0.217. The lowest BCUT2D eigenvalue weighted by molar-refractivity contribution is 0.0601. The monoisotopic (exact) mass is 391 g/mol. The van der Waals surface area contributed by atoms with Gasteiger partial charge in [-0.2, -0.15) is 0 Å². The summed E-state index contributed by atoms with van der Waals surface area (Å²) in [5.41, 5.74) is 3.85. The SMILES string of the molecule is COC(=O)c1c(N=Cc2ccc(OCc3ccccc3)cc2)sc2c1CCC2. The zero-order chi connectivity index (χ0) is 19.3. The van der Waals surface area contributed by atoms with E-state index in [9.17, 15) is 4.79 Å². The summed E-state index contributed by atoms with van der Waals surface area (Å²) in [6.45, 7) is 0.539. The van der Waals surface area contributed by atoms with Gasteiger partial charge in [-0.3, -0.25) is 0 Å². The lowest BCUT2D eigenvalue weighted by Crippen LogP contribution is -2.03. The van der Waals surface area contributed by atoms with Gasteiger partial charge in [-0.1, -0.05) is 30.3 Å². The lowest BCUT2D eigenvalue weighted by atomic mass is 10.1. The van der Waals surface area contributed by atoms with Crippen molar-refractivity contribution < 1.29 is 14.3 Å². The lowest BCUT2D eigenvalue weighted by Gasteiger charge is -2.06. The molecule has 1 heterocycles. The molecule has 4 rings (SSSR count). The molecule has 0 atom stereocenters. The second kappa shape index (κ2) is 8.40. The number of benzene rings is 2. The Balaban J connectivity index is 1.46. The molecule has 0 radical (unpaired) electrons. The van der Waals surface area contributed by atoms with Crippen molar-refractivity contribution in [2.75, 3.05) is 7.11 Å². The number of esters is 1. The van der Waals surface area contributed by atoms with Crippen molar-refractivity contribution in [2.45, 2.75) is 25.9 Å². The first-order chi connectivity index (χ1) is 13.7. The number of hydrogen-bond acceptors (Lipinski definition) is 5. The molecule has 5 heteroatoms.